The van der Waals surface area contributed by atoms with Crippen LogP contribution >= 0.6 is 0 Å². The minimum Gasteiger partial charge on any atom is -0.247 e. The molecule has 0 fully saturated rings. The van der Waals surface area contributed by atoms with Crippen molar-refractivity contribution in [1.29, 1.82) is 0 Å². The Bertz CT molecular complexity index is 2820. The molecule has 3 heteroatoms. The second-order valence-electron chi connectivity index (χ2n) is 14.0. The molecule has 2 aromatic heterocycles. The zero-order valence-electron chi connectivity index (χ0n) is 28.4. The van der Waals surface area contributed by atoms with Crippen molar-refractivity contribution in [1.82, 2.24) is 15.0 Å². The highest BCUT2D eigenvalue weighted by atomic mass is 14.9. The van der Waals surface area contributed by atoms with Gasteiger partial charge in [-0.3, -0.25) is 0 Å². The molecule has 1 aliphatic carbocycles. The van der Waals surface area contributed by atoms with E-state index in [9.17, 15) is 0 Å². The number of para-hydroxylation sites is 2. The third-order valence-corrected chi connectivity index (χ3v) is 10.6. The van der Waals surface area contributed by atoms with Gasteiger partial charge in [-0.15, -0.1) is 0 Å². The third kappa shape index (κ3) is 4.62. The van der Waals surface area contributed by atoms with Crippen molar-refractivity contribution >= 4 is 32.6 Å². The largest absolute Gasteiger partial charge is 0.247 e. The van der Waals surface area contributed by atoms with Crippen molar-refractivity contribution in [2.45, 2.75) is 19.3 Å². The number of benzene rings is 7. The summed E-state index contributed by atoms with van der Waals surface area (Å²) in [5.74, 6) is 0.695. The number of rotatable bonds is 4. The first-order chi connectivity index (χ1) is 25.0. The van der Waals surface area contributed by atoms with E-state index in [1.807, 2.05) is 12.1 Å². The van der Waals surface area contributed by atoms with E-state index in [-0.39, 0.29) is 5.41 Å². The highest BCUT2D eigenvalue weighted by Crippen LogP contribution is 2.53. The number of fused-ring (bicyclic) bond motifs is 8. The van der Waals surface area contributed by atoms with Crippen molar-refractivity contribution in [2.24, 2.45) is 0 Å². The highest BCUT2D eigenvalue weighted by Gasteiger charge is 2.38. The van der Waals surface area contributed by atoms with Crippen LogP contribution in [0.25, 0.3) is 88.7 Å². The van der Waals surface area contributed by atoms with Gasteiger partial charge in [0.25, 0.3) is 0 Å². The third-order valence-electron chi connectivity index (χ3n) is 10.6. The second kappa shape index (κ2) is 11.3. The van der Waals surface area contributed by atoms with Gasteiger partial charge in [0.2, 0.25) is 0 Å². The van der Waals surface area contributed by atoms with Gasteiger partial charge in [0.15, 0.2) is 5.82 Å². The molecule has 0 spiro atoms. The Balaban J connectivity index is 1.17. The van der Waals surface area contributed by atoms with Gasteiger partial charge >= 0.3 is 0 Å². The lowest BCUT2D eigenvalue weighted by Crippen LogP contribution is -2.16. The van der Waals surface area contributed by atoms with E-state index in [0.717, 1.165) is 44.5 Å². The van der Waals surface area contributed by atoms with Crippen LogP contribution in [0, 0.1) is 0 Å². The fourth-order valence-corrected chi connectivity index (χ4v) is 8.21. The number of aromatic nitrogens is 3. The Morgan fingerprint density at radius 2 is 1.02 bits per heavy atom. The quantitative estimate of drug-likeness (QED) is 0.178. The van der Waals surface area contributed by atoms with E-state index < -0.39 is 0 Å². The minimum absolute atomic E-state index is 0.186. The molecule has 1 aliphatic rings. The molecule has 0 aliphatic heterocycles. The van der Waals surface area contributed by atoms with E-state index in [1.165, 1.54) is 49.5 Å². The lowest BCUT2D eigenvalue weighted by molar-refractivity contribution is 0.666. The van der Waals surface area contributed by atoms with Crippen LogP contribution in [-0.4, -0.2) is 15.0 Å². The molecule has 240 valence electrons. The normalized spacial score (nSPS) is 13.1. The van der Waals surface area contributed by atoms with Crippen molar-refractivity contribution in [3.8, 4) is 56.2 Å². The van der Waals surface area contributed by atoms with Crippen LogP contribution in [0.2, 0.25) is 0 Å². The summed E-state index contributed by atoms with van der Waals surface area (Å²) in [6.07, 6.45) is 0. The lowest BCUT2D eigenvalue weighted by atomic mass is 9.79. The highest BCUT2D eigenvalue weighted by molar-refractivity contribution is 6.15. The fourth-order valence-electron chi connectivity index (χ4n) is 8.21. The van der Waals surface area contributed by atoms with Crippen LogP contribution in [0.4, 0.5) is 0 Å². The van der Waals surface area contributed by atoms with Gasteiger partial charge in [0.05, 0.1) is 22.4 Å². The molecule has 0 saturated heterocycles. The van der Waals surface area contributed by atoms with Crippen LogP contribution < -0.4 is 0 Å². The molecule has 0 unspecified atom stereocenters. The zero-order valence-corrected chi connectivity index (χ0v) is 28.4. The predicted molar refractivity (Wildman–Crippen MR) is 212 cm³/mol. The molecule has 51 heavy (non-hydrogen) atoms. The first-order valence-electron chi connectivity index (χ1n) is 17.5. The van der Waals surface area contributed by atoms with E-state index in [0.29, 0.717) is 5.82 Å². The summed E-state index contributed by atoms with van der Waals surface area (Å²) in [5, 5.41) is 4.64. The van der Waals surface area contributed by atoms with Crippen molar-refractivity contribution in [3.05, 3.63) is 175 Å². The van der Waals surface area contributed by atoms with E-state index in [4.69, 9.17) is 15.0 Å². The van der Waals surface area contributed by atoms with Crippen LogP contribution in [0.3, 0.4) is 0 Å². The zero-order chi connectivity index (χ0) is 34.1. The summed E-state index contributed by atoms with van der Waals surface area (Å²) >= 11 is 0. The standard InChI is InChI=1S/C48H33N3/c1-48(2)40-20-9-6-17-35(40)38-28-27-37-36-18-7-10-21-41(36)49-46(43(37)44(38)48)33-15-12-16-34(29-33)47-50-42-22-11-8-19-39(42)45(51-47)32-25-23-31(24-26-32)30-13-4-3-5-14-30/h3-29H,1-2H3. The van der Waals surface area contributed by atoms with Crippen molar-refractivity contribution < 1.29 is 0 Å². The molecule has 0 radical (unpaired) electrons. The van der Waals surface area contributed by atoms with Gasteiger partial charge in [-0.1, -0.05) is 159 Å². The van der Waals surface area contributed by atoms with E-state index in [1.54, 1.807) is 0 Å². The van der Waals surface area contributed by atoms with Crippen LogP contribution in [0.15, 0.2) is 164 Å². The Morgan fingerprint density at radius 3 is 1.84 bits per heavy atom. The topological polar surface area (TPSA) is 38.7 Å². The monoisotopic (exact) mass is 651 g/mol. The number of pyridine rings is 1. The molecule has 0 bridgehead atoms. The molecule has 2 heterocycles. The molecule has 0 amide bonds. The van der Waals surface area contributed by atoms with Crippen LogP contribution in [0.1, 0.15) is 25.0 Å². The van der Waals surface area contributed by atoms with Gasteiger partial charge in [0, 0.05) is 38.3 Å². The predicted octanol–water partition coefficient (Wildman–Crippen LogP) is 12.3. The lowest BCUT2D eigenvalue weighted by Gasteiger charge is -2.25. The van der Waals surface area contributed by atoms with Crippen LogP contribution in [0.5, 0.6) is 0 Å². The Kier molecular flexibility index (Phi) is 6.53. The minimum atomic E-state index is -0.186. The van der Waals surface area contributed by atoms with Crippen molar-refractivity contribution in [2.75, 3.05) is 0 Å². The summed E-state index contributed by atoms with van der Waals surface area (Å²) < 4.78 is 0. The maximum atomic E-state index is 5.42. The number of nitrogens with zero attached hydrogens (tertiary/aromatic N) is 3. The Morgan fingerprint density at radius 1 is 0.392 bits per heavy atom. The molecule has 9 aromatic rings. The van der Waals surface area contributed by atoms with Crippen molar-refractivity contribution in [3.63, 3.8) is 0 Å². The van der Waals surface area contributed by atoms with E-state index in [2.05, 4.69) is 166 Å². The van der Waals surface area contributed by atoms with Gasteiger partial charge in [-0.25, -0.2) is 15.0 Å². The second-order valence-corrected chi connectivity index (χ2v) is 14.0. The first kappa shape index (κ1) is 29.5. The smallest absolute Gasteiger partial charge is 0.160 e. The van der Waals surface area contributed by atoms with Gasteiger partial charge in [0.1, 0.15) is 0 Å². The number of hydrogen-bond donors (Lipinski definition) is 0. The first-order valence-corrected chi connectivity index (χ1v) is 17.5. The van der Waals surface area contributed by atoms with Gasteiger partial charge < -0.3 is 0 Å². The molecule has 0 saturated carbocycles. The van der Waals surface area contributed by atoms with Gasteiger partial charge in [-0.2, -0.15) is 0 Å². The Hall–Kier alpha value is -6.45. The van der Waals surface area contributed by atoms with Crippen LogP contribution in [-0.2, 0) is 5.41 Å². The molecule has 3 nitrogen and oxygen atoms in total. The maximum Gasteiger partial charge on any atom is 0.160 e. The average Bonchev–Trinajstić information content (AvgIpc) is 3.43. The molecular weight excluding hydrogens is 619 g/mol. The number of hydrogen-bond acceptors (Lipinski definition) is 3. The maximum absolute atomic E-state index is 5.42. The molecular formula is C48H33N3. The summed E-state index contributed by atoms with van der Waals surface area (Å²) in [6, 6.07) is 58.0. The van der Waals surface area contributed by atoms with E-state index >= 15 is 0 Å². The Labute approximate surface area is 297 Å². The summed E-state index contributed by atoms with van der Waals surface area (Å²) in [4.78, 5) is 15.8. The summed E-state index contributed by atoms with van der Waals surface area (Å²) in [6.45, 7) is 4.70. The fraction of sp³-hybridized carbons (Fsp3) is 0.0625. The molecule has 7 aromatic carbocycles. The molecule has 0 atom stereocenters. The van der Waals surface area contributed by atoms with Gasteiger partial charge in [-0.05, 0) is 57.0 Å². The molecule has 10 rings (SSSR count). The summed E-state index contributed by atoms with van der Waals surface area (Å²) in [7, 11) is 0. The average molecular weight is 652 g/mol. The molecule has 0 N–H and O–H groups in total. The summed E-state index contributed by atoms with van der Waals surface area (Å²) in [5.41, 5.74) is 14.4. The SMILES string of the molecule is CC1(C)c2ccccc2-c2ccc3c(c(-c4cccc(-c5nc(-c6ccc(-c7ccccc7)cc6)c6ccccc6n5)c4)nc4ccccc43)c21.